The number of rotatable bonds is 8. The van der Waals surface area contributed by atoms with E-state index < -0.39 is 0 Å². The fraction of sp³-hybridized carbons (Fsp3) is 0.364. The lowest BCUT2D eigenvalue weighted by Crippen LogP contribution is -2.19. The highest BCUT2D eigenvalue weighted by Crippen LogP contribution is 2.25. The van der Waals surface area contributed by atoms with Crippen LogP contribution in [0.15, 0.2) is 57.2 Å². The predicted octanol–water partition coefficient (Wildman–Crippen LogP) is 5.70. The maximum absolute atomic E-state index is 12.9. The highest BCUT2D eigenvalue weighted by atomic mass is 32.2. The van der Waals surface area contributed by atoms with E-state index in [1.165, 1.54) is 4.90 Å². The second-order valence-electron chi connectivity index (χ2n) is 6.68. The minimum Gasteiger partial charge on any atom is -0.380 e. The molecule has 1 heterocycles. The summed E-state index contributed by atoms with van der Waals surface area (Å²) in [4.78, 5) is 20.4. The van der Waals surface area contributed by atoms with Crippen LogP contribution in [0, 0.1) is 0 Å². The summed E-state index contributed by atoms with van der Waals surface area (Å²) in [5.41, 5.74) is 1.71. The largest absolute Gasteiger partial charge is 0.380 e. The van der Waals surface area contributed by atoms with Crippen LogP contribution in [0.4, 0.5) is 0 Å². The third-order valence-electron chi connectivity index (χ3n) is 4.20. The molecule has 154 valence electrons. The second-order valence-corrected chi connectivity index (χ2v) is 10.2. The maximum Gasteiger partial charge on any atom is 0.279 e. The quantitative estimate of drug-likeness (QED) is 0.329. The van der Waals surface area contributed by atoms with Gasteiger partial charge in [0.15, 0.2) is 4.80 Å². The van der Waals surface area contributed by atoms with Gasteiger partial charge in [0.05, 0.1) is 16.8 Å². The van der Waals surface area contributed by atoms with Crippen LogP contribution in [-0.2, 0) is 11.3 Å². The number of benzene rings is 2. The lowest BCUT2D eigenvalue weighted by molar-refractivity contribution is 0.0996. The topological polar surface area (TPSA) is 43.6 Å². The van der Waals surface area contributed by atoms with E-state index in [2.05, 4.69) is 47.9 Å². The summed E-state index contributed by atoms with van der Waals surface area (Å²) in [7, 11) is 0. The summed E-state index contributed by atoms with van der Waals surface area (Å²) in [5.74, 6) is -0.210. The van der Waals surface area contributed by atoms with Crippen LogP contribution in [0.25, 0.3) is 10.2 Å². The number of aromatic nitrogens is 1. The zero-order valence-corrected chi connectivity index (χ0v) is 19.6. The van der Waals surface area contributed by atoms with E-state index in [1.807, 2.05) is 31.2 Å². The Morgan fingerprint density at radius 2 is 2.03 bits per heavy atom. The summed E-state index contributed by atoms with van der Waals surface area (Å²) in [5, 5.41) is 0.464. The lowest BCUT2D eigenvalue weighted by Gasteiger charge is -2.06. The molecule has 3 aromatic rings. The Balaban J connectivity index is 2.01. The zero-order chi connectivity index (χ0) is 20.8. The second kappa shape index (κ2) is 10.5. The van der Waals surface area contributed by atoms with Crippen molar-refractivity contribution in [3.05, 3.63) is 52.8 Å². The van der Waals surface area contributed by atoms with Gasteiger partial charge < -0.3 is 9.30 Å². The van der Waals surface area contributed by atoms with Crippen LogP contribution in [-0.4, -0.2) is 35.2 Å². The van der Waals surface area contributed by atoms with Crippen molar-refractivity contribution in [2.45, 2.75) is 42.4 Å². The molecule has 29 heavy (non-hydrogen) atoms. The molecule has 2 aromatic carbocycles. The van der Waals surface area contributed by atoms with Crippen LogP contribution < -0.4 is 4.80 Å². The van der Waals surface area contributed by atoms with E-state index in [9.17, 15) is 4.79 Å². The van der Waals surface area contributed by atoms with Crippen molar-refractivity contribution in [3.8, 4) is 0 Å². The smallest absolute Gasteiger partial charge is 0.279 e. The Morgan fingerprint density at radius 1 is 1.21 bits per heavy atom. The first-order chi connectivity index (χ1) is 14.0. The van der Waals surface area contributed by atoms with E-state index >= 15 is 0 Å². The third kappa shape index (κ3) is 5.75. The van der Waals surface area contributed by atoms with Crippen molar-refractivity contribution >= 4 is 51.0 Å². The molecule has 0 aliphatic rings. The number of carbonyl (C=O) groups excluding carboxylic acids is 1. The summed E-state index contributed by atoms with van der Waals surface area (Å²) < 4.78 is 8.76. The molecule has 0 atom stereocenters. The van der Waals surface area contributed by atoms with Gasteiger partial charge in [-0.25, -0.2) is 0 Å². The molecule has 0 spiro atoms. The first-order valence-corrected chi connectivity index (χ1v) is 12.5. The molecule has 7 heteroatoms. The highest BCUT2D eigenvalue weighted by Gasteiger charge is 2.11. The van der Waals surface area contributed by atoms with Crippen LogP contribution >= 0.6 is 34.9 Å². The van der Waals surface area contributed by atoms with Crippen LogP contribution in [0.3, 0.4) is 0 Å². The molecule has 1 amide bonds. The fourth-order valence-corrected chi connectivity index (χ4v) is 5.41. The minimum absolute atomic E-state index is 0.210. The van der Waals surface area contributed by atoms with Gasteiger partial charge in [0.2, 0.25) is 0 Å². The Labute approximate surface area is 184 Å². The van der Waals surface area contributed by atoms with Gasteiger partial charge >= 0.3 is 0 Å². The van der Waals surface area contributed by atoms with Crippen molar-refractivity contribution < 1.29 is 9.53 Å². The molecular weight excluding hydrogens is 420 g/mol. The molecule has 0 aliphatic heterocycles. The number of thioether (sulfide) groups is 2. The number of thiazole rings is 1. The summed E-state index contributed by atoms with van der Waals surface area (Å²) >= 11 is 5.01. The molecule has 0 aliphatic carbocycles. The Bertz CT molecular complexity index is 1050. The number of hydrogen-bond donors (Lipinski definition) is 0. The van der Waals surface area contributed by atoms with Crippen LogP contribution in [0.1, 0.15) is 31.1 Å². The summed E-state index contributed by atoms with van der Waals surface area (Å²) in [6.45, 7) is 8.20. The van der Waals surface area contributed by atoms with Crippen molar-refractivity contribution in [1.82, 2.24) is 4.57 Å². The van der Waals surface area contributed by atoms with Gasteiger partial charge in [-0.3, -0.25) is 4.79 Å². The molecular formula is C22H26N2O2S3. The first kappa shape index (κ1) is 22.2. The van der Waals surface area contributed by atoms with E-state index in [-0.39, 0.29) is 5.91 Å². The monoisotopic (exact) mass is 446 g/mol. The minimum atomic E-state index is -0.210. The fourth-order valence-electron chi connectivity index (χ4n) is 2.91. The van der Waals surface area contributed by atoms with E-state index in [0.717, 1.165) is 15.1 Å². The van der Waals surface area contributed by atoms with Crippen LogP contribution in [0.5, 0.6) is 0 Å². The molecule has 0 saturated carbocycles. The standard InChI is InChI=1S/C22H26N2O2S3/c1-5-26-12-11-24-19-10-9-17(27-4)14-20(19)29-22(24)23-21(25)16-7-6-8-18(13-16)28-15(2)3/h6-10,13-15H,5,11-12H2,1-4H3. The average molecular weight is 447 g/mol. The number of fused-ring (bicyclic) bond motifs is 1. The summed E-state index contributed by atoms with van der Waals surface area (Å²) in [6, 6.07) is 14.1. The summed E-state index contributed by atoms with van der Waals surface area (Å²) in [6.07, 6.45) is 2.06. The molecule has 0 radical (unpaired) electrons. The first-order valence-electron chi connectivity index (χ1n) is 9.62. The molecule has 0 saturated heterocycles. The zero-order valence-electron chi connectivity index (χ0n) is 17.2. The van der Waals surface area contributed by atoms with Gasteiger partial charge in [-0.1, -0.05) is 31.3 Å². The number of hydrogen-bond acceptors (Lipinski definition) is 5. The maximum atomic E-state index is 12.9. The normalized spacial score (nSPS) is 12.2. The van der Waals surface area contributed by atoms with Gasteiger partial charge in [-0.2, -0.15) is 4.99 Å². The lowest BCUT2D eigenvalue weighted by atomic mass is 10.2. The van der Waals surface area contributed by atoms with Crippen molar-refractivity contribution in [2.24, 2.45) is 4.99 Å². The van der Waals surface area contributed by atoms with Crippen LogP contribution in [0.2, 0.25) is 0 Å². The Morgan fingerprint density at radius 3 is 2.76 bits per heavy atom. The average Bonchev–Trinajstić information content (AvgIpc) is 3.04. The molecule has 1 aromatic heterocycles. The third-order valence-corrected chi connectivity index (χ3v) is 6.97. The van der Waals surface area contributed by atoms with Gasteiger partial charge in [0.25, 0.3) is 5.91 Å². The molecule has 4 nitrogen and oxygen atoms in total. The van der Waals surface area contributed by atoms with Crippen molar-refractivity contribution in [2.75, 3.05) is 19.5 Å². The number of ether oxygens (including phenoxy) is 1. The predicted molar refractivity (Wildman–Crippen MR) is 125 cm³/mol. The number of nitrogens with zero attached hydrogens (tertiary/aromatic N) is 2. The van der Waals surface area contributed by atoms with Gasteiger partial charge in [0.1, 0.15) is 0 Å². The van der Waals surface area contributed by atoms with Crippen molar-refractivity contribution in [3.63, 3.8) is 0 Å². The van der Waals surface area contributed by atoms with E-state index in [0.29, 0.717) is 35.4 Å². The van der Waals surface area contributed by atoms with Gasteiger partial charge in [-0.15, -0.1) is 23.5 Å². The molecule has 0 bridgehead atoms. The van der Waals surface area contributed by atoms with Gasteiger partial charge in [0, 0.05) is 33.8 Å². The molecule has 3 rings (SSSR count). The van der Waals surface area contributed by atoms with E-state index in [1.54, 1.807) is 34.9 Å². The molecule has 0 unspecified atom stereocenters. The number of carbonyl (C=O) groups is 1. The number of amides is 1. The highest BCUT2D eigenvalue weighted by molar-refractivity contribution is 8.00. The van der Waals surface area contributed by atoms with Crippen molar-refractivity contribution in [1.29, 1.82) is 0 Å². The molecule has 0 fully saturated rings. The van der Waals surface area contributed by atoms with Gasteiger partial charge in [-0.05, 0) is 49.6 Å². The SMILES string of the molecule is CCOCCn1c(=NC(=O)c2cccc(SC(C)C)c2)sc2cc(SC)ccc21. The van der Waals surface area contributed by atoms with E-state index in [4.69, 9.17) is 4.74 Å². The molecule has 0 N–H and O–H groups in total. The Hall–Kier alpha value is -1.54. The Kier molecular flexibility index (Phi) is 8.00.